The summed E-state index contributed by atoms with van der Waals surface area (Å²) in [5, 5.41) is 3.28. The molecule has 1 heterocycles. The van der Waals surface area contributed by atoms with Crippen molar-refractivity contribution in [2.45, 2.75) is 44.9 Å². The summed E-state index contributed by atoms with van der Waals surface area (Å²) in [4.78, 5) is 15.5. The lowest BCUT2D eigenvalue weighted by atomic mass is 9.63. The lowest BCUT2D eigenvalue weighted by molar-refractivity contribution is -0.130. The van der Waals surface area contributed by atoms with Crippen LogP contribution < -0.4 is 5.32 Å². The quantitative estimate of drug-likeness (QED) is 0.827. The molecule has 1 saturated heterocycles. The zero-order valence-corrected chi connectivity index (χ0v) is 15.9. The fraction of sp³-hybridized carbons (Fsp3) is 0.667. The van der Waals surface area contributed by atoms with Crippen LogP contribution in [0.5, 0.6) is 0 Å². The second-order valence-corrected chi connectivity index (χ2v) is 7.97. The van der Waals surface area contributed by atoms with Crippen molar-refractivity contribution in [3.8, 4) is 0 Å². The maximum atomic E-state index is 13.0. The van der Waals surface area contributed by atoms with Gasteiger partial charge in [-0.3, -0.25) is 4.79 Å². The van der Waals surface area contributed by atoms with Gasteiger partial charge >= 0.3 is 0 Å². The summed E-state index contributed by atoms with van der Waals surface area (Å²) in [7, 11) is 1.75. The number of rotatable bonds is 7. The van der Waals surface area contributed by atoms with Gasteiger partial charge in [-0.15, -0.1) is 0 Å². The van der Waals surface area contributed by atoms with Crippen molar-refractivity contribution in [2.75, 3.05) is 39.9 Å². The molecule has 1 amide bonds. The van der Waals surface area contributed by atoms with Crippen molar-refractivity contribution in [2.24, 2.45) is 5.92 Å². The van der Waals surface area contributed by atoms with Crippen LogP contribution in [0, 0.1) is 19.8 Å². The molecule has 0 unspecified atom stereocenters. The molecule has 1 aliphatic carbocycles. The Hall–Kier alpha value is -1.39. The number of ether oxygens (including phenoxy) is 1. The van der Waals surface area contributed by atoms with E-state index in [1.165, 1.54) is 23.1 Å². The third-order valence-corrected chi connectivity index (χ3v) is 5.95. The van der Waals surface area contributed by atoms with Gasteiger partial charge in [-0.25, -0.2) is 0 Å². The van der Waals surface area contributed by atoms with Crippen LogP contribution in [0.1, 0.15) is 42.4 Å². The summed E-state index contributed by atoms with van der Waals surface area (Å²) < 4.78 is 5.16. The summed E-state index contributed by atoms with van der Waals surface area (Å²) in [5.41, 5.74) is 3.42. The molecule has 1 N–H and O–H groups in total. The Morgan fingerprint density at radius 1 is 1.28 bits per heavy atom. The summed E-state index contributed by atoms with van der Waals surface area (Å²) in [6.45, 7) is 9.01. The Kier molecular flexibility index (Phi) is 5.80. The molecule has 0 spiro atoms. The lowest BCUT2D eigenvalue weighted by Gasteiger charge is -2.41. The molecular weight excluding hydrogens is 312 g/mol. The predicted octanol–water partition coefficient (Wildman–Crippen LogP) is 2.81. The fourth-order valence-corrected chi connectivity index (χ4v) is 4.34. The maximum absolute atomic E-state index is 13.0. The van der Waals surface area contributed by atoms with E-state index < -0.39 is 0 Å². The first-order valence-corrected chi connectivity index (χ1v) is 9.62. The molecule has 1 aromatic rings. The van der Waals surface area contributed by atoms with Gasteiger partial charge < -0.3 is 15.0 Å². The normalized spacial score (nSPS) is 22.6. The standard InChI is InChI=1S/C21H32N2O2/c1-16-11-17(2)13-19(12-16)21(6-4-7-21)20(24)22-14-18-5-8-23(15-18)9-10-25-3/h11-13,18H,4-10,14-15H2,1-3H3,(H,22,24)/t18-/m1/s1. The van der Waals surface area contributed by atoms with Gasteiger partial charge in [-0.05, 0) is 51.1 Å². The molecule has 4 nitrogen and oxygen atoms in total. The number of amides is 1. The highest BCUT2D eigenvalue weighted by atomic mass is 16.5. The molecule has 3 rings (SSSR count). The molecule has 1 saturated carbocycles. The third kappa shape index (κ3) is 4.06. The van der Waals surface area contributed by atoms with Crippen molar-refractivity contribution >= 4 is 5.91 Å². The summed E-state index contributed by atoms with van der Waals surface area (Å²) >= 11 is 0. The Morgan fingerprint density at radius 3 is 2.60 bits per heavy atom. The molecule has 2 fully saturated rings. The molecular formula is C21H32N2O2. The van der Waals surface area contributed by atoms with Gasteiger partial charge in [0.2, 0.25) is 5.91 Å². The molecule has 1 atom stereocenters. The van der Waals surface area contributed by atoms with E-state index in [0.29, 0.717) is 5.92 Å². The number of carbonyl (C=O) groups is 1. The highest BCUT2D eigenvalue weighted by molar-refractivity contribution is 5.89. The van der Waals surface area contributed by atoms with E-state index in [1.807, 2.05) is 0 Å². The van der Waals surface area contributed by atoms with E-state index in [-0.39, 0.29) is 11.3 Å². The smallest absolute Gasteiger partial charge is 0.230 e. The average molecular weight is 344 g/mol. The number of likely N-dealkylation sites (tertiary alicyclic amines) is 1. The number of nitrogens with zero attached hydrogens (tertiary/aromatic N) is 1. The molecule has 138 valence electrons. The van der Waals surface area contributed by atoms with Crippen molar-refractivity contribution in [1.29, 1.82) is 0 Å². The van der Waals surface area contributed by atoms with Crippen LogP contribution in [0.4, 0.5) is 0 Å². The number of hydrogen-bond acceptors (Lipinski definition) is 3. The van der Waals surface area contributed by atoms with Crippen LogP contribution >= 0.6 is 0 Å². The molecule has 0 bridgehead atoms. The second-order valence-electron chi connectivity index (χ2n) is 7.97. The van der Waals surface area contributed by atoms with Gasteiger partial charge in [0.05, 0.1) is 12.0 Å². The van der Waals surface area contributed by atoms with Crippen LogP contribution in [0.15, 0.2) is 18.2 Å². The second kappa shape index (κ2) is 7.88. The largest absolute Gasteiger partial charge is 0.383 e. The number of hydrogen-bond donors (Lipinski definition) is 1. The monoisotopic (exact) mass is 344 g/mol. The first-order valence-electron chi connectivity index (χ1n) is 9.62. The Labute approximate surface area is 151 Å². The first kappa shape index (κ1) is 18.4. The van der Waals surface area contributed by atoms with Crippen molar-refractivity contribution in [1.82, 2.24) is 10.2 Å². The van der Waals surface area contributed by atoms with Crippen LogP contribution in [-0.2, 0) is 14.9 Å². The SMILES string of the molecule is COCCN1CC[C@H](CNC(=O)C2(c3cc(C)cc(C)c3)CCC2)C1. The Bertz CT molecular complexity index is 590. The van der Waals surface area contributed by atoms with E-state index in [1.54, 1.807) is 7.11 Å². The van der Waals surface area contributed by atoms with E-state index in [2.05, 4.69) is 42.3 Å². The van der Waals surface area contributed by atoms with Crippen LogP contribution in [0.25, 0.3) is 0 Å². The zero-order chi connectivity index (χ0) is 17.9. The minimum absolute atomic E-state index is 0.235. The van der Waals surface area contributed by atoms with E-state index in [0.717, 1.165) is 52.0 Å². The molecule has 4 heteroatoms. The lowest BCUT2D eigenvalue weighted by Crippen LogP contribution is -2.50. The molecule has 25 heavy (non-hydrogen) atoms. The Balaban J connectivity index is 1.58. The minimum Gasteiger partial charge on any atom is -0.383 e. The summed E-state index contributed by atoms with van der Waals surface area (Å²) in [6, 6.07) is 6.59. The molecule has 0 aromatic heterocycles. The van der Waals surface area contributed by atoms with Crippen molar-refractivity contribution in [3.63, 3.8) is 0 Å². The zero-order valence-electron chi connectivity index (χ0n) is 15.9. The van der Waals surface area contributed by atoms with Gasteiger partial charge in [-0.1, -0.05) is 35.7 Å². The molecule has 1 aromatic carbocycles. The minimum atomic E-state index is -0.287. The highest BCUT2D eigenvalue weighted by Gasteiger charge is 2.45. The van der Waals surface area contributed by atoms with Crippen LogP contribution in [0.3, 0.4) is 0 Å². The summed E-state index contributed by atoms with van der Waals surface area (Å²) in [6.07, 6.45) is 4.27. The highest BCUT2D eigenvalue weighted by Crippen LogP contribution is 2.44. The number of nitrogens with one attached hydrogen (secondary N) is 1. The fourth-order valence-electron chi connectivity index (χ4n) is 4.34. The molecule has 0 radical (unpaired) electrons. The van der Waals surface area contributed by atoms with Gasteiger partial charge in [0.15, 0.2) is 0 Å². The van der Waals surface area contributed by atoms with Crippen molar-refractivity contribution in [3.05, 3.63) is 34.9 Å². The molecule has 1 aliphatic heterocycles. The predicted molar refractivity (Wildman–Crippen MR) is 101 cm³/mol. The number of aryl methyl sites for hydroxylation is 2. The summed E-state index contributed by atoms with van der Waals surface area (Å²) in [5.74, 6) is 0.802. The van der Waals surface area contributed by atoms with Gasteiger partial charge in [-0.2, -0.15) is 0 Å². The van der Waals surface area contributed by atoms with Gasteiger partial charge in [0.25, 0.3) is 0 Å². The average Bonchev–Trinajstić information content (AvgIpc) is 2.97. The van der Waals surface area contributed by atoms with Crippen LogP contribution in [0.2, 0.25) is 0 Å². The van der Waals surface area contributed by atoms with Gasteiger partial charge in [0.1, 0.15) is 0 Å². The third-order valence-electron chi connectivity index (χ3n) is 5.95. The number of carbonyl (C=O) groups excluding carboxylic acids is 1. The molecule has 2 aliphatic rings. The van der Waals surface area contributed by atoms with E-state index in [9.17, 15) is 4.79 Å². The van der Waals surface area contributed by atoms with E-state index >= 15 is 0 Å². The van der Waals surface area contributed by atoms with Gasteiger partial charge in [0, 0.05) is 26.7 Å². The van der Waals surface area contributed by atoms with Crippen molar-refractivity contribution < 1.29 is 9.53 Å². The Morgan fingerprint density at radius 2 is 2.00 bits per heavy atom. The van der Waals surface area contributed by atoms with Crippen LogP contribution in [-0.4, -0.2) is 50.7 Å². The van der Waals surface area contributed by atoms with E-state index in [4.69, 9.17) is 4.74 Å². The first-order chi connectivity index (χ1) is 12.0. The number of benzene rings is 1. The maximum Gasteiger partial charge on any atom is 0.230 e. The topological polar surface area (TPSA) is 41.6 Å². The number of methoxy groups -OCH3 is 1.